The van der Waals surface area contributed by atoms with E-state index in [1.54, 1.807) is 34.1 Å². The lowest BCUT2D eigenvalue weighted by atomic mass is 9.84. The first kappa shape index (κ1) is 15.8. The van der Waals surface area contributed by atoms with Crippen LogP contribution in [0.5, 0.6) is 0 Å². The summed E-state index contributed by atoms with van der Waals surface area (Å²) in [5.41, 5.74) is 1.22. The molecule has 1 aliphatic heterocycles. The Morgan fingerprint density at radius 1 is 1.20 bits per heavy atom. The lowest BCUT2D eigenvalue weighted by Crippen LogP contribution is -2.46. The van der Waals surface area contributed by atoms with Gasteiger partial charge in [-0.2, -0.15) is 5.10 Å². The van der Waals surface area contributed by atoms with Crippen LogP contribution in [0.15, 0.2) is 36.9 Å². The molecule has 7 nitrogen and oxygen atoms in total. The van der Waals surface area contributed by atoms with Crippen LogP contribution in [0, 0.1) is 5.92 Å². The average Bonchev–Trinajstić information content (AvgIpc) is 3.29. The molecule has 2 fully saturated rings. The zero-order valence-electron chi connectivity index (χ0n) is 13.8. The molecule has 1 aromatic carbocycles. The molecule has 130 valence electrons. The van der Waals surface area contributed by atoms with E-state index in [0.29, 0.717) is 17.9 Å². The van der Waals surface area contributed by atoms with E-state index in [9.17, 15) is 14.7 Å². The number of hydrogen-bond donors (Lipinski definition) is 1. The van der Waals surface area contributed by atoms with Gasteiger partial charge in [-0.15, -0.1) is 0 Å². The van der Waals surface area contributed by atoms with Crippen molar-refractivity contribution in [2.24, 2.45) is 5.92 Å². The number of nitrogens with zero attached hydrogens (tertiary/aromatic N) is 4. The Morgan fingerprint density at radius 2 is 2.04 bits per heavy atom. The van der Waals surface area contributed by atoms with Gasteiger partial charge in [0.2, 0.25) is 0 Å². The smallest absolute Gasteiger partial charge is 0.326 e. The van der Waals surface area contributed by atoms with Crippen LogP contribution in [0.3, 0.4) is 0 Å². The Kier molecular flexibility index (Phi) is 3.99. The quantitative estimate of drug-likeness (QED) is 0.924. The van der Waals surface area contributed by atoms with E-state index in [0.717, 1.165) is 31.4 Å². The molecule has 2 heterocycles. The van der Waals surface area contributed by atoms with Gasteiger partial charge in [-0.05, 0) is 43.4 Å². The van der Waals surface area contributed by atoms with Gasteiger partial charge < -0.3 is 10.0 Å². The van der Waals surface area contributed by atoms with E-state index in [1.165, 1.54) is 6.33 Å². The molecule has 25 heavy (non-hydrogen) atoms. The summed E-state index contributed by atoms with van der Waals surface area (Å²) in [6.45, 7) is 0. The number of carboxylic acids is 1. The van der Waals surface area contributed by atoms with Crippen molar-refractivity contribution in [1.29, 1.82) is 0 Å². The number of rotatable bonds is 3. The molecule has 0 bridgehead atoms. The number of carbonyl (C=O) groups is 2. The summed E-state index contributed by atoms with van der Waals surface area (Å²) in [5, 5.41) is 13.7. The van der Waals surface area contributed by atoms with Gasteiger partial charge in [-0.3, -0.25) is 4.79 Å². The van der Waals surface area contributed by atoms with Crippen LogP contribution in [-0.2, 0) is 4.79 Å². The van der Waals surface area contributed by atoms with Gasteiger partial charge in [-0.1, -0.05) is 18.9 Å². The normalized spacial score (nSPS) is 25.6. The highest BCUT2D eigenvalue weighted by Crippen LogP contribution is 2.40. The molecule has 1 aliphatic carbocycles. The molecule has 3 atom stereocenters. The molecule has 1 N–H and O–H groups in total. The maximum absolute atomic E-state index is 13.2. The van der Waals surface area contributed by atoms with Gasteiger partial charge in [0.15, 0.2) is 0 Å². The van der Waals surface area contributed by atoms with E-state index in [4.69, 9.17) is 0 Å². The molecular formula is C18H20N4O3. The molecule has 0 spiro atoms. The van der Waals surface area contributed by atoms with Gasteiger partial charge in [0.25, 0.3) is 5.91 Å². The molecule has 1 saturated carbocycles. The van der Waals surface area contributed by atoms with Gasteiger partial charge in [-0.25, -0.2) is 14.5 Å². The third kappa shape index (κ3) is 2.79. The fraction of sp³-hybridized carbons (Fsp3) is 0.444. The molecule has 1 aromatic heterocycles. The van der Waals surface area contributed by atoms with Crippen LogP contribution in [0.2, 0.25) is 0 Å². The molecule has 1 amide bonds. The third-order valence-corrected chi connectivity index (χ3v) is 5.38. The van der Waals surface area contributed by atoms with Crippen molar-refractivity contribution >= 4 is 11.9 Å². The number of fused-ring (bicyclic) bond motifs is 1. The molecule has 0 unspecified atom stereocenters. The van der Waals surface area contributed by atoms with Crippen LogP contribution in [-0.4, -0.2) is 48.7 Å². The SMILES string of the molecule is O=C(O)[C@@H]1C[C@@H]2CCCC[C@@H]2N1C(=O)c1cccc(-n2cncn2)c1. The predicted molar refractivity (Wildman–Crippen MR) is 89.3 cm³/mol. The minimum Gasteiger partial charge on any atom is -0.480 e. The van der Waals surface area contributed by atoms with Gasteiger partial charge in [0.1, 0.15) is 18.7 Å². The summed E-state index contributed by atoms with van der Waals surface area (Å²) in [6.07, 6.45) is 7.64. The topological polar surface area (TPSA) is 88.3 Å². The van der Waals surface area contributed by atoms with E-state index in [2.05, 4.69) is 10.1 Å². The number of carbonyl (C=O) groups excluding carboxylic acids is 1. The summed E-state index contributed by atoms with van der Waals surface area (Å²) in [5.74, 6) is -0.809. The molecule has 2 aliphatic rings. The number of aliphatic carboxylic acids is 1. The first-order chi connectivity index (χ1) is 12.1. The second-order valence-corrected chi connectivity index (χ2v) is 6.80. The van der Waals surface area contributed by atoms with E-state index in [-0.39, 0.29) is 11.9 Å². The van der Waals surface area contributed by atoms with Crippen molar-refractivity contribution < 1.29 is 14.7 Å². The first-order valence-electron chi connectivity index (χ1n) is 8.65. The molecule has 7 heteroatoms. The molecule has 1 saturated heterocycles. The van der Waals surface area contributed by atoms with Crippen LogP contribution >= 0.6 is 0 Å². The maximum atomic E-state index is 13.2. The van der Waals surface area contributed by atoms with Gasteiger partial charge in [0.05, 0.1) is 5.69 Å². The molecule has 2 aromatic rings. The molecular weight excluding hydrogens is 320 g/mol. The van der Waals surface area contributed by atoms with Crippen molar-refractivity contribution in [2.75, 3.05) is 0 Å². The monoisotopic (exact) mass is 340 g/mol. The summed E-state index contributed by atoms with van der Waals surface area (Å²) in [7, 11) is 0. The second-order valence-electron chi connectivity index (χ2n) is 6.80. The van der Waals surface area contributed by atoms with Crippen molar-refractivity contribution in [3.63, 3.8) is 0 Å². The molecule has 0 radical (unpaired) electrons. The zero-order chi connectivity index (χ0) is 17.4. The predicted octanol–water partition coefficient (Wildman–Crippen LogP) is 2.13. The largest absolute Gasteiger partial charge is 0.480 e. The van der Waals surface area contributed by atoms with Crippen molar-refractivity contribution in [2.45, 2.75) is 44.2 Å². The highest BCUT2D eigenvalue weighted by atomic mass is 16.4. The van der Waals surface area contributed by atoms with Crippen molar-refractivity contribution in [3.05, 3.63) is 42.5 Å². The van der Waals surface area contributed by atoms with Gasteiger partial charge in [0, 0.05) is 11.6 Å². The Morgan fingerprint density at radius 3 is 2.80 bits per heavy atom. The standard InChI is InChI=1S/C18H20N4O3/c23-17(13-5-3-6-14(8-13)21-11-19-10-20-21)22-15-7-2-1-4-12(15)9-16(22)18(24)25/h3,5-6,8,10-12,15-16H,1-2,4,7,9H2,(H,24,25)/t12-,15-,16-/m0/s1. The Hall–Kier alpha value is -2.70. The summed E-state index contributed by atoms with van der Waals surface area (Å²) < 4.78 is 1.58. The molecule has 4 rings (SSSR count). The van der Waals surface area contributed by atoms with Crippen LogP contribution in [0.4, 0.5) is 0 Å². The lowest BCUT2D eigenvalue weighted by Gasteiger charge is -2.33. The van der Waals surface area contributed by atoms with E-state index < -0.39 is 12.0 Å². The van der Waals surface area contributed by atoms with Crippen molar-refractivity contribution in [3.8, 4) is 5.69 Å². The first-order valence-corrected chi connectivity index (χ1v) is 8.65. The van der Waals surface area contributed by atoms with Crippen LogP contribution in [0.25, 0.3) is 5.69 Å². The summed E-state index contributed by atoms with van der Waals surface area (Å²) in [4.78, 5) is 30.4. The second kappa shape index (κ2) is 6.31. The van der Waals surface area contributed by atoms with Crippen molar-refractivity contribution in [1.82, 2.24) is 19.7 Å². The average molecular weight is 340 g/mol. The van der Waals surface area contributed by atoms with Gasteiger partial charge >= 0.3 is 5.97 Å². The Labute approximate surface area is 145 Å². The van der Waals surface area contributed by atoms with Crippen LogP contribution < -0.4 is 0 Å². The van der Waals surface area contributed by atoms with Crippen LogP contribution in [0.1, 0.15) is 42.5 Å². The number of likely N-dealkylation sites (tertiary alicyclic amines) is 1. The number of hydrogen-bond acceptors (Lipinski definition) is 4. The highest BCUT2D eigenvalue weighted by Gasteiger charge is 2.47. The number of benzene rings is 1. The fourth-order valence-corrected chi connectivity index (χ4v) is 4.24. The maximum Gasteiger partial charge on any atom is 0.326 e. The van der Waals surface area contributed by atoms with E-state index in [1.807, 2.05) is 6.07 Å². The highest BCUT2D eigenvalue weighted by molar-refractivity contribution is 5.97. The number of carboxylic acid groups (broad SMARTS) is 1. The number of amides is 1. The summed E-state index contributed by atoms with van der Waals surface area (Å²) in [6, 6.07) is 6.42. The Bertz CT molecular complexity index is 789. The zero-order valence-corrected chi connectivity index (χ0v) is 13.8. The van der Waals surface area contributed by atoms with E-state index >= 15 is 0 Å². The summed E-state index contributed by atoms with van der Waals surface area (Å²) >= 11 is 0. The Balaban J connectivity index is 1.67. The lowest BCUT2D eigenvalue weighted by molar-refractivity contribution is -0.141. The minimum atomic E-state index is -0.907. The fourth-order valence-electron chi connectivity index (χ4n) is 4.24. The minimum absolute atomic E-state index is 0.0392. The number of aromatic nitrogens is 3. The third-order valence-electron chi connectivity index (χ3n) is 5.38.